The van der Waals surface area contributed by atoms with Crippen molar-refractivity contribution in [2.75, 3.05) is 7.11 Å². The Morgan fingerprint density at radius 3 is 2.52 bits per heavy atom. The fourth-order valence-corrected chi connectivity index (χ4v) is 2.08. The molecule has 0 radical (unpaired) electrons. The molecule has 2 aromatic rings. The molecule has 0 bridgehead atoms. The van der Waals surface area contributed by atoms with Gasteiger partial charge in [0.2, 0.25) is 0 Å². The second-order valence-electron chi connectivity index (χ2n) is 4.95. The molecule has 1 unspecified atom stereocenters. The van der Waals surface area contributed by atoms with E-state index in [-0.39, 0.29) is 0 Å². The molecular formula is C17H19N3O3. The lowest BCUT2D eigenvalue weighted by molar-refractivity contribution is -0.142. The maximum absolute atomic E-state index is 12.0. The van der Waals surface area contributed by atoms with Gasteiger partial charge in [0, 0.05) is 25.4 Å². The first-order valence-electron chi connectivity index (χ1n) is 7.24. The molecule has 6 heteroatoms. The van der Waals surface area contributed by atoms with Gasteiger partial charge in [0.1, 0.15) is 6.04 Å². The number of amides is 2. The third-order valence-electron chi connectivity index (χ3n) is 3.25. The number of rotatable bonds is 6. The lowest BCUT2D eigenvalue weighted by atomic mass is 10.1. The molecule has 1 atom stereocenters. The van der Waals surface area contributed by atoms with Gasteiger partial charge in [0.05, 0.1) is 7.11 Å². The van der Waals surface area contributed by atoms with Gasteiger partial charge < -0.3 is 15.4 Å². The molecule has 6 nitrogen and oxygen atoms in total. The standard InChI is InChI=1S/C17H19N3O3/c1-23-16(21)15(10-13-6-3-2-4-7-13)20-17(22)19-12-14-8-5-9-18-11-14/h2-9,11,15H,10,12H2,1H3,(H2,19,20,22). The third kappa shape index (κ3) is 5.43. The summed E-state index contributed by atoms with van der Waals surface area (Å²) in [7, 11) is 1.30. The van der Waals surface area contributed by atoms with Crippen LogP contribution < -0.4 is 10.6 Å². The van der Waals surface area contributed by atoms with E-state index in [1.54, 1.807) is 18.5 Å². The Bertz CT molecular complexity index is 632. The first-order valence-corrected chi connectivity index (χ1v) is 7.24. The average molecular weight is 313 g/mol. The predicted molar refractivity (Wildman–Crippen MR) is 85.6 cm³/mol. The van der Waals surface area contributed by atoms with Gasteiger partial charge in [-0.25, -0.2) is 9.59 Å². The number of urea groups is 1. The number of hydrogen-bond donors (Lipinski definition) is 2. The molecule has 120 valence electrons. The third-order valence-corrected chi connectivity index (χ3v) is 3.25. The van der Waals surface area contributed by atoms with E-state index >= 15 is 0 Å². The van der Waals surface area contributed by atoms with Crippen molar-refractivity contribution in [2.45, 2.75) is 19.0 Å². The Morgan fingerprint density at radius 2 is 1.87 bits per heavy atom. The number of benzene rings is 1. The van der Waals surface area contributed by atoms with Gasteiger partial charge in [-0.3, -0.25) is 4.98 Å². The molecule has 0 aliphatic heterocycles. The molecule has 0 aliphatic rings. The number of carbonyl (C=O) groups is 2. The molecular weight excluding hydrogens is 294 g/mol. The Morgan fingerprint density at radius 1 is 1.13 bits per heavy atom. The van der Waals surface area contributed by atoms with E-state index in [4.69, 9.17) is 4.74 Å². The van der Waals surface area contributed by atoms with E-state index in [1.807, 2.05) is 36.4 Å². The summed E-state index contributed by atoms with van der Waals surface area (Å²) in [5.74, 6) is -0.481. The van der Waals surface area contributed by atoms with Crippen LogP contribution in [0.5, 0.6) is 0 Å². The number of hydrogen-bond acceptors (Lipinski definition) is 4. The van der Waals surface area contributed by atoms with Crippen LogP contribution >= 0.6 is 0 Å². The summed E-state index contributed by atoms with van der Waals surface area (Å²) in [6.07, 6.45) is 3.70. The smallest absolute Gasteiger partial charge is 0.328 e. The topological polar surface area (TPSA) is 80.3 Å². The van der Waals surface area contributed by atoms with Gasteiger partial charge in [-0.2, -0.15) is 0 Å². The molecule has 2 rings (SSSR count). The summed E-state index contributed by atoms with van der Waals surface area (Å²) in [5.41, 5.74) is 1.82. The van der Waals surface area contributed by atoms with Crippen LogP contribution in [0.3, 0.4) is 0 Å². The zero-order valence-corrected chi connectivity index (χ0v) is 12.9. The van der Waals surface area contributed by atoms with Crippen molar-refractivity contribution in [1.29, 1.82) is 0 Å². The van der Waals surface area contributed by atoms with Crippen molar-refractivity contribution in [3.8, 4) is 0 Å². The molecule has 2 N–H and O–H groups in total. The minimum atomic E-state index is -0.740. The highest BCUT2D eigenvalue weighted by molar-refractivity contribution is 5.83. The highest BCUT2D eigenvalue weighted by Crippen LogP contribution is 2.04. The lowest BCUT2D eigenvalue weighted by Crippen LogP contribution is -2.47. The van der Waals surface area contributed by atoms with Crippen LogP contribution in [0, 0.1) is 0 Å². The van der Waals surface area contributed by atoms with Gasteiger partial charge in [0.25, 0.3) is 0 Å². The molecule has 0 spiro atoms. The molecule has 23 heavy (non-hydrogen) atoms. The summed E-state index contributed by atoms with van der Waals surface area (Å²) in [5, 5.41) is 5.34. The molecule has 2 amide bonds. The molecule has 1 aromatic heterocycles. The Labute approximate surface area is 134 Å². The Balaban J connectivity index is 1.91. The molecule has 0 fully saturated rings. The SMILES string of the molecule is COC(=O)C(Cc1ccccc1)NC(=O)NCc1cccnc1. The summed E-state index contributed by atoms with van der Waals surface area (Å²) < 4.78 is 4.76. The van der Waals surface area contributed by atoms with Crippen LogP contribution in [0.15, 0.2) is 54.9 Å². The lowest BCUT2D eigenvalue weighted by Gasteiger charge is -2.17. The fraction of sp³-hybridized carbons (Fsp3) is 0.235. The molecule has 0 aliphatic carbocycles. The van der Waals surface area contributed by atoms with E-state index in [2.05, 4.69) is 15.6 Å². The van der Waals surface area contributed by atoms with Crippen LogP contribution in [-0.4, -0.2) is 30.1 Å². The minimum absolute atomic E-state index is 0.332. The summed E-state index contributed by atoms with van der Waals surface area (Å²) in [4.78, 5) is 27.8. The monoisotopic (exact) mass is 313 g/mol. The second-order valence-corrected chi connectivity index (χ2v) is 4.95. The normalized spacial score (nSPS) is 11.3. The zero-order chi connectivity index (χ0) is 16.5. The molecule has 1 aromatic carbocycles. The highest BCUT2D eigenvalue weighted by Gasteiger charge is 2.21. The van der Waals surface area contributed by atoms with E-state index in [1.165, 1.54) is 7.11 Å². The van der Waals surface area contributed by atoms with Gasteiger partial charge in [0.15, 0.2) is 0 Å². The zero-order valence-electron chi connectivity index (χ0n) is 12.9. The van der Waals surface area contributed by atoms with Crippen molar-refractivity contribution < 1.29 is 14.3 Å². The van der Waals surface area contributed by atoms with Crippen molar-refractivity contribution in [3.05, 3.63) is 66.0 Å². The largest absolute Gasteiger partial charge is 0.467 e. The number of nitrogens with one attached hydrogen (secondary N) is 2. The van der Waals surface area contributed by atoms with Crippen LogP contribution in [0.1, 0.15) is 11.1 Å². The maximum Gasteiger partial charge on any atom is 0.328 e. The maximum atomic E-state index is 12.0. The van der Waals surface area contributed by atoms with Crippen molar-refractivity contribution in [3.63, 3.8) is 0 Å². The quantitative estimate of drug-likeness (QED) is 0.795. The number of aromatic nitrogens is 1. The Hall–Kier alpha value is -2.89. The number of esters is 1. The van der Waals surface area contributed by atoms with Gasteiger partial charge >= 0.3 is 12.0 Å². The molecule has 0 saturated heterocycles. The van der Waals surface area contributed by atoms with Crippen LogP contribution in [0.25, 0.3) is 0 Å². The number of methoxy groups -OCH3 is 1. The fourth-order valence-electron chi connectivity index (χ4n) is 2.08. The van der Waals surface area contributed by atoms with Crippen molar-refractivity contribution in [2.24, 2.45) is 0 Å². The van der Waals surface area contributed by atoms with E-state index in [9.17, 15) is 9.59 Å². The number of nitrogens with zero attached hydrogens (tertiary/aromatic N) is 1. The summed E-state index contributed by atoms with van der Waals surface area (Å²) in [6.45, 7) is 0.332. The van der Waals surface area contributed by atoms with E-state index in [0.717, 1.165) is 11.1 Å². The van der Waals surface area contributed by atoms with Gasteiger partial charge in [-0.05, 0) is 17.2 Å². The van der Waals surface area contributed by atoms with Crippen LogP contribution in [0.4, 0.5) is 4.79 Å². The average Bonchev–Trinajstić information content (AvgIpc) is 2.60. The number of carbonyl (C=O) groups excluding carboxylic acids is 2. The van der Waals surface area contributed by atoms with Crippen LogP contribution in [-0.2, 0) is 22.5 Å². The van der Waals surface area contributed by atoms with Crippen LogP contribution in [0.2, 0.25) is 0 Å². The van der Waals surface area contributed by atoms with Gasteiger partial charge in [-0.15, -0.1) is 0 Å². The van der Waals surface area contributed by atoms with Crippen molar-refractivity contribution in [1.82, 2.24) is 15.6 Å². The van der Waals surface area contributed by atoms with Crippen molar-refractivity contribution >= 4 is 12.0 Å². The number of ether oxygens (including phenoxy) is 1. The highest BCUT2D eigenvalue weighted by atomic mass is 16.5. The molecule has 1 heterocycles. The van der Waals surface area contributed by atoms with Gasteiger partial charge in [-0.1, -0.05) is 36.4 Å². The summed E-state index contributed by atoms with van der Waals surface area (Å²) >= 11 is 0. The first-order chi connectivity index (χ1) is 11.2. The Kier molecular flexibility index (Phi) is 6.11. The summed E-state index contributed by atoms with van der Waals surface area (Å²) in [6, 6.07) is 11.9. The minimum Gasteiger partial charge on any atom is -0.467 e. The number of pyridine rings is 1. The van der Waals surface area contributed by atoms with E-state index in [0.29, 0.717) is 13.0 Å². The van der Waals surface area contributed by atoms with E-state index < -0.39 is 18.0 Å². The first kappa shape index (κ1) is 16.5. The second kappa shape index (κ2) is 8.53. The molecule has 0 saturated carbocycles. The predicted octanol–water partition coefficient (Wildman–Crippen LogP) is 1.67.